The zero-order chi connectivity index (χ0) is 19.7. The Labute approximate surface area is 167 Å². The molecule has 4 heterocycles. The molecule has 146 valence electrons. The smallest absolute Gasteiger partial charge is 0.243 e. The minimum absolute atomic E-state index is 0.0591. The number of para-hydroxylation sites is 1. The van der Waals surface area contributed by atoms with E-state index < -0.39 is 0 Å². The summed E-state index contributed by atoms with van der Waals surface area (Å²) in [7, 11) is 0. The first-order chi connectivity index (χ1) is 14.2. The molecule has 1 saturated heterocycles. The molecule has 2 atom stereocenters. The van der Waals surface area contributed by atoms with Crippen molar-refractivity contribution in [3.05, 3.63) is 71.6 Å². The lowest BCUT2D eigenvalue weighted by molar-refractivity contribution is -0.140. The highest BCUT2D eigenvalue weighted by Crippen LogP contribution is 2.44. The fourth-order valence-electron chi connectivity index (χ4n) is 4.96. The monoisotopic (exact) mass is 387 g/mol. The summed E-state index contributed by atoms with van der Waals surface area (Å²) in [6, 6.07) is 14.0. The topological polar surface area (TPSA) is 65.6 Å². The highest BCUT2D eigenvalue weighted by Gasteiger charge is 2.45. The van der Waals surface area contributed by atoms with Gasteiger partial charge in [0.05, 0.1) is 18.6 Å². The van der Waals surface area contributed by atoms with Gasteiger partial charge in [-0.15, -0.1) is 0 Å². The molecule has 2 aromatic heterocycles. The van der Waals surface area contributed by atoms with Crippen molar-refractivity contribution in [3.8, 4) is 0 Å². The predicted octanol–water partition coefficient (Wildman–Crippen LogP) is 4.20. The zero-order valence-corrected chi connectivity index (χ0v) is 16.1. The number of carbonyl (C=O) groups excluding carboxylic acids is 1. The minimum atomic E-state index is -0.214. The summed E-state index contributed by atoms with van der Waals surface area (Å²) in [6.45, 7) is 7.59. The van der Waals surface area contributed by atoms with E-state index in [1.165, 1.54) is 10.9 Å². The van der Waals surface area contributed by atoms with E-state index in [0.29, 0.717) is 12.1 Å². The first-order valence-electron chi connectivity index (χ1n) is 9.98. The molecule has 1 N–H and O–H groups in total. The van der Waals surface area contributed by atoms with Crippen molar-refractivity contribution in [3.63, 3.8) is 0 Å². The standard InChI is InChI=1S/C23H21N3O3/c1-3-25-12-21(27)26-18(13(25)2)11-16-15-6-4-5-7-17(15)24-22(16)23(26)14-8-9-19-20(10-14)29-28-19/h4-10,18,23-24H,2-3,11-12H2,1H3. The molecule has 6 rings (SSSR count). The molecule has 2 unspecified atom stereocenters. The number of H-pyrrole nitrogens is 1. The Hall–Kier alpha value is -3.41. The molecular weight excluding hydrogens is 366 g/mol. The average Bonchev–Trinajstić information content (AvgIpc) is 3.09. The van der Waals surface area contributed by atoms with Gasteiger partial charge in [0.2, 0.25) is 17.1 Å². The number of hydrogen-bond acceptors (Lipinski definition) is 4. The van der Waals surface area contributed by atoms with Crippen LogP contribution in [0.1, 0.15) is 29.8 Å². The maximum Gasteiger partial charge on any atom is 0.243 e. The van der Waals surface area contributed by atoms with Crippen LogP contribution >= 0.6 is 0 Å². The van der Waals surface area contributed by atoms with Gasteiger partial charge in [-0.1, -0.05) is 30.8 Å². The van der Waals surface area contributed by atoms with Gasteiger partial charge in [-0.25, -0.2) is 0 Å². The molecule has 2 aliphatic heterocycles. The SMILES string of the molecule is C=C1C2Cc3c([nH]c4ccccc34)C(c3ccc4ooc4c3)N2C(=O)CN1CC. The highest BCUT2D eigenvalue weighted by molar-refractivity contribution is 5.88. The van der Waals surface area contributed by atoms with Gasteiger partial charge < -0.3 is 14.8 Å². The average molecular weight is 387 g/mol. The summed E-state index contributed by atoms with van der Waals surface area (Å²) in [4.78, 5) is 21.0. The molecule has 4 aromatic rings. The number of hydrogen-bond donors (Lipinski definition) is 1. The summed E-state index contributed by atoms with van der Waals surface area (Å²) >= 11 is 0. The number of aromatic nitrogens is 1. The van der Waals surface area contributed by atoms with E-state index in [9.17, 15) is 4.79 Å². The fourth-order valence-corrected chi connectivity index (χ4v) is 4.96. The quantitative estimate of drug-likeness (QED) is 0.524. The number of carbonyl (C=O) groups is 1. The van der Waals surface area contributed by atoms with Gasteiger partial charge >= 0.3 is 0 Å². The third-order valence-corrected chi connectivity index (χ3v) is 6.42. The molecule has 6 nitrogen and oxygen atoms in total. The van der Waals surface area contributed by atoms with Crippen LogP contribution < -0.4 is 0 Å². The van der Waals surface area contributed by atoms with Crippen molar-refractivity contribution in [1.82, 2.24) is 14.8 Å². The van der Waals surface area contributed by atoms with Crippen LogP contribution in [0.3, 0.4) is 0 Å². The van der Waals surface area contributed by atoms with Crippen LogP contribution in [-0.2, 0) is 11.2 Å². The molecule has 6 heteroatoms. The van der Waals surface area contributed by atoms with E-state index in [1.54, 1.807) is 0 Å². The number of nitrogens with zero attached hydrogens (tertiary/aromatic N) is 2. The second kappa shape index (κ2) is 5.80. The van der Waals surface area contributed by atoms with Crippen molar-refractivity contribution < 1.29 is 13.9 Å². The maximum atomic E-state index is 13.3. The number of rotatable bonds is 2. The zero-order valence-electron chi connectivity index (χ0n) is 16.1. The first kappa shape index (κ1) is 16.5. The van der Waals surface area contributed by atoms with Crippen molar-refractivity contribution in [2.75, 3.05) is 13.1 Å². The summed E-state index contributed by atoms with van der Waals surface area (Å²) < 4.78 is 10.1. The molecule has 0 spiro atoms. The molecule has 0 aliphatic carbocycles. The van der Waals surface area contributed by atoms with Crippen LogP contribution in [0, 0.1) is 0 Å². The van der Waals surface area contributed by atoms with Crippen LogP contribution in [0.15, 0.2) is 63.9 Å². The van der Waals surface area contributed by atoms with Crippen molar-refractivity contribution in [1.29, 1.82) is 0 Å². The predicted molar refractivity (Wildman–Crippen MR) is 109 cm³/mol. The lowest BCUT2D eigenvalue weighted by Gasteiger charge is -2.49. The molecule has 0 radical (unpaired) electrons. The van der Waals surface area contributed by atoms with Gasteiger partial charge in [0, 0.05) is 35.3 Å². The second-order valence-corrected chi connectivity index (χ2v) is 7.86. The highest BCUT2D eigenvalue weighted by atomic mass is 17.0. The molecule has 1 fully saturated rings. The van der Waals surface area contributed by atoms with Gasteiger partial charge in [0.15, 0.2) is 0 Å². The third kappa shape index (κ3) is 2.20. The Kier molecular flexibility index (Phi) is 3.30. The van der Waals surface area contributed by atoms with E-state index in [4.69, 9.17) is 9.15 Å². The van der Waals surface area contributed by atoms with Gasteiger partial charge in [-0.2, -0.15) is 0 Å². The Balaban J connectivity index is 1.59. The number of likely N-dealkylation sites (N-methyl/N-ethyl adjacent to an activating group) is 1. The summed E-state index contributed by atoms with van der Waals surface area (Å²) in [6.07, 6.45) is 0.765. The van der Waals surface area contributed by atoms with Crippen molar-refractivity contribution in [2.45, 2.75) is 25.4 Å². The largest absolute Gasteiger partial charge is 0.365 e. The number of amides is 1. The fraction of sp³-hybridized carbons (Fsp3) is 0.261. The summed E-state index contributed by atoms with van der Waals surface area (Å²) in [5.74, 6) is 0.124. The van der Waals surface area contributed by atoms with E-state index in [1.807, 2.05) is 29.2 Å². The van der Waals surface area contributed by atoms with Crippen LogP contribution in [-0.4, -0.2) is 39.8 Å². The molecule has 2 aliphatic rings. The Bertz CT molecular complexity index is 1280. The van der Waals surface area contributed by atoms with Gasteiger partial charge in [-0.3, -0.25) is 13.9 Å². The van der Waals surface area contributed by atoms with E-state index in [2.05, 4.69) is 41.6 Å². The molecule has 29 heavy (non-hydrogen) atoms. The van der Waals surface area contributed by atoms with Crippen molar-refractivity contribution in [2.24, 2.45) is 0 Å². The molecule has 0 bridgehead atoms. The van der Waals surface area contributed by atoms with Crippen molar-refractivity contribution >= 4 is 28.0 Å². The normalized spacial score (nSPS) is 21.8. The molecule has 1 amide bonds. The van der Waals surface area contributed by atoms with Gasteiger partial charge in [-0.05, 0) is 36.2 Å². The minimum Gasteiger partial charge on any atom is -0.365 e. The van der Waals surface area contributed by atoms with Crippen LogP contribution in [0.5, 0.6) is 0 Å². The molecule has 0 saturated carbocycles. The molecule has 2 aromatic carbocycles. The van der Waals surface area contributed by atoms with Gasteiger partial charge in [0.1, 0.15) is 0 Å². The summed E-state index contributed by atoms with van der Waals surface area (Å²) in [5.41, 5.74) is 6.89. The lowest BCUT2D eigenvalue weighted by Crippen LogP contribution is -2.58. The Morgan fingerprint density at radius 3 is 2.76 bits per heavy atom. The van der Waals surface area contributed by atoms with Crippen LogP contribution in [0.25, 0.3) is 22.1 Å². The van der Waals surface area contributed by atoms with E-state index in [-0.39, 0.29) is 18.0 Å². The van der Waals surface area contributed by atoms with E-state index in [0.717, 1.165) is 41.0 Å². The lowest BCUT2D eigenvalue weighted by atomic mass is 9.85. The number of benzene rings is 2. The molecular formula is C23H21N3O3. The Morgan fingerprint density at radius 1 is 1.17 bits per heavy atom. The van der Waals surface area contributed by atoms with Crippen LogP contribution in [0.2, 0.25) is 0 Å². The number of nitrogens with one attached hydrogen (secondary N) is 1. The van der Waals surface area contributed by atoms with E-state index >= 15 is 0 Å². The maximum absolute atomic E-state index is 13.3. The van der Waals surface area contributed by atoms with Crippen LogP contribution in [0.4, 0.5) is 0 Å². The Morgan fingerprint density at radius 2 is 2.00 bits per heavy atom. The van der Waals surface area contributed by atoms with Gasteiger partial charge in [0.25, 0.3) is 0 Å². The number of aromatic amines is 1. The first-order valence-corrected chi connectivity index (χ1v) is 9.98. The summed E-state index contributed by atoms with van der Waals surface area (Å²) in [5, 5.41) is 1.21. The number of piperazine rings is 1. The number of fused-ring (bicyclic) bond motifs is 5. The second-order valence-electron chi connectivity index (χ2n) is 7.86. The third-order valence-electron chi connectivity index (χ3n) is 6.42.